The lowest BCUT2D eigenvalue weighted by Crippen LogP contribution is -2.12. The van der Waals surface area contributed by atoms with E-state index in [-0.39, 0.29) is 6.54 Å². The highest BCUT2D eigenvalue weighted by atomic mass is 19.4. The molecule has 1 aliphatic heterocycles. The SMILES string of the molecule is O=C1NC[C@H](c2cccc(C(F)(F)F)c2)O1. The third-order valence-corrected chi connectivity index (χ3v) is 2.27. The summed E-state index contributed by atoms with van der Waals surface area (Å²) in [5.74, 6) is 0. The minimum absolute atomic E-state index is 0.195. The van der Waals surface area contributed by atoms with Gasteiger partial charge < -0.3 is 10.1 Å². The minimum Gasteiger partial charge on any atom is -0.439 e. The van der Waals surface area contributed by atoms with Crippen LogP contribution in [-0.4, -0.2) is 12.6 Å². The summed E-state index contributed by atoms with van der Waals surface area (Å²) in [6.07, 6.45) is -5.64. The second kappa shape index (κ2) is 3.70. The van der Waals surface area contributed by atoms with Crippen LogP contribution in [0.3, 0.4) is 0 Å². The number of hydrogen-bond donors (Lipinski definition) is 1. The number of alkyl halides is 3. The van der Waals surface area contributed by atoms with Gasteiger partial charge in [-0.1, -0.05) is 12.1 Å². The first kappa shape index (κ1) is 10.8. The summed E-state index contributed by atoms with van der Waals surface area (Å²) in [6, 6.07) is 4.77. The highest BCUT2D eigenvalue weighted by Crippen LogP contribution is 2.31. The first-order valence-electron chi connectivity index (χ1n) is 4.58. The van der Waals surface area contributed by atoms with Crippen LogP contribution in [0.4, 0.5) is 18.0 Å². The Bertz CT molecular complexity index is 417. The average molecular weight is 231 g/mol. The molecule has 1 amide bonds. The Hall–Kier alpha value is -1.72. The van der Waals surface area contributed by atoms with E-state index in [1.54, 1.807) is 0 Å². The normalized spacial score (nSPS) is 20.4. The zero-order chi connectivity index (χ0) is 11.8. The third kappa shape index (κ3) is 2.10. The number of benzene rings is 1. The molecular formula is C10H8F3NO2. The van der Waals surface area contributed by atoms with Gasteiger partial charge in [0, 0.05) is 0 Å². The van der Waals surface area contributed by atoms with Crippen LogP contribution in [0.25, 0.3) is 0 Å². The molecule has 1 aromatic carbocycles. The summed E-state index contributed by atoms with van der Waals surface area (Å²) in [7, 11) is 0. The molecule has 3 nitrogen and oxygen atoms in total. The Morgan fingerprint density at radius 1 is 1.38 bits per heavy atom. The molecule has 0 radical (unpaired) electrons. The number of carbonyl (C=O) groups excluding carboxylic acids is 1. The van der Waals surface area contributed by atoms with Crippen LogP contribution in [-0.2, 0) is 10.9 Å². The van der Waals surface area contributed by atoms with E-state index in [4.69, 9.17) is 4.74 Å². The molecule has 0 bridgehead atoms. The summed E-state index contributed by atoms with van der Waals surface area (Å²) >= 11 is 0. The number of carbonyl (C=O) groups is 1. The Morgan fingerprint density at radius 3 is 2.69 bits per heavy atom. The highest BCUT2D eigenvalue weighted by Gasteiger charge is 2.32. The topological polar surface area (TPSA) is 38.3 Å². The number of ether oxygens (including phenoxy) is 1. The van der Waals surface area contributed by atoms with Crippen molar-refractivity contribution in [3.8, 4) is 0 Å². The number of nitrogens with one attached hydrogen (secondary N) is 1. The van der Waals surface area contributed by atoms with E-state index in [2.05, 4.69) is 5.32 Å². The van der Waals surface area contributed by atoms with Crippen molar-refractivity contribution < 1.29 is 22.7 Å². The smallest absolute Gasteiger partial charge is 0.416 e. The number of rotatable bonds is 1. The fourth-order valence-electron chi connectivity index (χ4n) is 1.49. The molecular weight excluding hydrogens is 223 g/mol. The molecule has 16 heavy (non-hydrogen) atoms. The number of alkyl carbamates (subject to hydrolysis) is 1. The minimum atomic E-state index is -4.38. The van der Waals surface area contributed by atoms with Gasteiger partial charge in [0.25, 0.3) is 0 Å². The zero-order valence-corrected chi connectivity index (χ0v) is 8.04. The maximum absolute atomic E-state index is 12.4. The van der Waals surface area contributed by atoms with E-state index in [9.17, 15) is 18.0 Å². The molecule has 6 heteroatoms. The van der Waals surface area contributed by atoms with Gasteiger partial charge in [-0.2, -0.15) is 13.2 Å². The van der Waals surface area contributed by atoms with Crippen molar-refractivity contribution in [3.63, 3.8) is 0 Å². The van der Waals surface area contributed by atoms with Crippen molar-refractivity contribution >= 4 is 6.09 Å². The lowest BCUT2D eigenvalue weighted by Gasteiger charge is -2.11. The van der Waals surface area contributed by atoms with Crippen LogP contribution in [0.2, 0.25) is 0 Å². The van der Waals surface area contributed by atoms with Gasteiger partial charge >= 0.3 is 12.3 Å². The monoisotopic (exact) mass is 231 g/mol. The summed E-state index contributed by atoms with van der Waals surface area (Å²) in [5.41, 5.74) is -0.402. The average Bonchev–Trinajstić information content (AvgIpc) is 2.64. The van der Waals surface area contributed by atoms with Gasteiger partial charge in [-0.25, -0.2) is 4.79 Å². The van der Waals surface area contributed by atoms with Crippen molar-refractivity contribution in [2.45, 2.75) is 12.3 Å². The van der Waals surface area contributed by atoms with E-state index in [1.807, 2.05) is 0 Å². The molecule has 0 spiro atoms. The lowest BCUT2D eigenvalue weighted by atomic mass is 10.1. The molecule has 1 N–H and O–H groups in total. The quantitative estimate of drug-likeness (QED) is 0.806. The molecule has 1 heterocycles. The number of amides is 1. The van der Waals surface area contributed by atoms with Gasteiger partial charge in [-0.15, -0.1) is 0 Å². The summed E-state index contributed by atoms with van der Waals surface area (Å²) in [4.78, 5) is 10.8. The van der Waals surface area contributed by atoms with Gasteiger partial charge in [0.2, 0.25) is 0 Å². The molecule has 1 aliphatic rings. The lowest BCUT2D eigenvalue weighted by molar-refractivity contribution is -0.137. The Balaban J connectivity index is 2.26. The van der Waals surface area contributed by atoms with Crippen LogP contribution in [0.15, 0.2) is 24.3 Å². The Morgan fingerprint density at radius 2 is 2.12 bits per heavy atom. The van der Waals surface area contributed by atoms with Crippen LogP contribution >= 0.6 is 0 Å². The maximum atomic E-state index is 12.4. The molecule has 0 unspecified atom stereocenters. The predicted octanol–water partition coefficient (Wildman–Crippen LogP) is 2.49. The van der Waals surface area contributed by atoms with Crippen molar-refractivity contribution in [1.29, 1.82) is 0 Å². The van der Waals surface area contributed by atoms with E-state index in [1.165, 1.54) is 12.1 Å². The molecule has 0 aliphatic carbocycles. The molecule has 1 aromatic rings. The molecule has 2 rings (SSSR count). The fourth-order valence-corrected chi connectivity index (χ4v) is 1.49. The van der Waals surface area contributed by atoms with E-state index < -0.39 is 23.9 Å². The number of halogens is 3. The van der Waals surface area contributed by atoms with Gasteiger partial charge in [0.1, 0.15) is 6.10 Å². The van der Waals surface area contributed by atoms with Crippen LogP contribution in [0.1, 0.15) is 17.2 Å². The van der Waals surface area contributed by atoms with E-state index in [0.29, 0.717) is 5.56 Å². The van der Waals surface area contributed by atoms with Crippen molar-refractivity contribution in [3.05, 3.63) is 35.4 Å². The third-order valence-electron chi connectivity index (χ3n) is 2.27. The van der Waals surface area contributed by atoms with Gasteiger partial charge in [-0.05, 0) is 17.7 Å². The van der Waals surface area contributed by atoms with Gasteiger partial charge in [-0.3, -0.25) is 0 Å². The van der Waals surface area contributed by atoms with E-state index >= 15 is 0 Å². The molecule has 1 saturated heterocycles. The molecule has 0 saturated carbocycles. The van der Waals surface area contributed by atoms with Gasteiger partial charge in [0.15, 0.2) is 0 Å². The second-order valence-corrected chi connectivity index (χ2v) is 3.40. The van der Waals surface area contributed by atoms with Crippen LogP contribution in [0, 0.1) is 0 Å². The molecule has 0 aromatic heterocycles. The highest BCUT2D eigenvalue weighted by molar-refractivity contribution is 5.69. The van der Waals surface area contributed by atoms with Gasteiger partial charge in [0.05, 0.1) is 12.1 Å². The standard InChI is InChI=1S/C10H8F3NO2/c11-10(12,13)7-3-1-2-6(4-7)8-5-14-9(15)16-8/h1-4,8H,5H2,(H,14,15)/t8-/m1/s1. The number of cyclic esters (lactones) is 1. The first-order valence-corrected chi connectivity index (χ1v) is 4.58. The fraction of sp³-hybridized carbons (Fsp3) is 0.300. The summed E-state index contributed by atoms with van der Waals surface area (Å²) in [6.45, 7) is 0.195. The number of hydrogen-bond acceptors (Lipinski definition) is 2. The molecule has 86 valence electrons. The predicted molar refractivity (Wildman–Crippen MR) is 48.7 cm³/mol. The Kier molecular flexibility index (Phi) is 2.49. The van der Waals surface area contributed by atoms with Crippen LogP contribution in [0.5, 0.6) is 0 Å². The largest absolute Gasteiger partial charge is 0.439 e. The van der Waals surface area contributed by atoms with Crippen LogP contribution < -0.4 is 5.32 Å². The summed E-state index contributed by atoms with van der Waals surface area (Å²) < 4.78 is 42.0. The molecule has 1 atom stereocenters. The van der Waals surface area contributed by atoms with Crippen molar-refractivity contribution in [1.82, 2.24) is 5.32 Å². The van der Waals surface area contributed by atoms with Crippen molar-refractivity contribution in [2.75, 3.05) is 6.54 Å². The van der Waals surface area contributed by atoms with Crippen molar-refractivity contribution in [2.24, 2.45) is 0 Å². The molecule has 1 fully saturated rings. The van der Waals surface area contributed by atoms with E-state index in [0.717, 1.165) is 12.1 Å². The summed E-state index contributed by atoms with van der Waals surface area (Å²) in [5, 5.41) is 2.38. The first-order chi connectivity index (χ1) is 7.47. The second-order valence-electron chi connectivity index (χ2n) is 3.40. The zero-order valence-electron chi connectivity index (χ0n) is 8.04. The maximum Gasteiger partial charge on any atom is 0.416 e. The Labute approximate surface area is 89.2 Å².